The van der Waals surface area contributed by atoms with Crippen molar-refractivity contribution in [3.8, 4) is 0 Å². The zero-order chi connectivity index (χ0) is 25.2. The normalized spacial score (nSPS) is 28.5. The summed E-state index contributed by atoms with van der Waals surface area (Å²) in [4.78, 5) is 0. The Balaban J connectivity index is 0.000000349. The van der Waals surface area contributed by atoms with E-state index in [9.17, 15) is 52.7 Å². The number of hydrogen-bond donors (Lipinski definition) is 0. The molecular weight excluding hydrogens is 496 g/mol. The third-order valence-electron chi connectivity index (χ3n) is 4.69. The number of epoxide rings is 3. The Morgan fingerprint density at radius 2 is 1.09 bits per heavy atom. The first kappa shape index (κ1) is 28.2. The number of halogens is 12. The average Bonchev–Trinajstić information content (AvgIpc) is 3.57. The van der Waals surface area contributed by atoms with Gasteiger partial charge >= 0.3 is 17.8 Å². The van der Waals surface area contributed by atoms with E-state index in [-0.39, 0.29) is 6.61 Å². The van der Waals surface area contributed by atoms with Crippen LogP contribution in [0.5, 0.6) is 0 Å². The fourth-order valence-electron chi connectivity index (χ4n) is 2.33. The lowest BCUT2D eigenvalue weighted by atomic mass is 9.92. The van der Waals surface area contributed by atoms with Crippen molar-refractivity contribution < 1.29 is 71.6 Å². The third kappa shape index (κ3) is 7.24. The molecule has 0 saturated carbocycles. The largest absolute Gasteiger partial charge is 0.378 e. The van der Waals surface area contributed by atoms with Gasteiger partial charge in [-0.2, -0.15) is 26.3 Å². The van der Waals surface area contributed by atoms with Crippen molar-refractivity contribution in [1.29, 1.82) is 0 Å². The van der Waals surface area contributed by atoms with Gasteiger partial charge in [-0.05, 0) is 0 Å². The van der Waals surface area contributed by atoms with Crippen LogP contribution in [0, 0.1) is 0 Å². The highest BCUT2D eigenvalue weighted by Crippen LogP contribution is 2.52. The summed E-state index contributed by atoms with van der Waals surface area (Å²) in [6.07, 6.45) is -24.0. The topological polar surface area (TPSA) is 46.8 Å². The number of rotatable bonds is 13. The second kappa shape index (κ2) is 10.7. The van der Waals surface area contributed by atoms with Crippen molar-refractivity contribution >= 4 is 0 Å². The van der Waals surface area contributed by atoms with Crippen molar-refractivity contribution in [2.45, 2.75) is 73.6 Å². The first-order valence-electron chi connectivity index (χ1n) is 9.53. The second-order valence-electron chi connectivity index (χ2n) is 7.55. The molecule has 0 amide bonds. The van der Waals surface area contributed by atoms with Gasteiger partial charge in [0.05, 0.1) is 39.1 Å². The average molecular weight is 516 g/mol. The summed E-state index contributed by atoms with van der Waals surface area (Å²) in [5.74, 6) is -19.7. The summed E-state index contributed by atoms with van der Waals surface area (Å²) in [6.45, 7) is 2.96. The molecule has 0 bridgehead atoms. The van der Waals surface area contributed by atoms with Crippen molar-refractivity contribution in [2.75, 3.05) is 33.0 Å². The maximum absolute atomic E-state index is 13.3. The zero-order valence-electron chi connectivity index (χ0n) is 16.5. The van der Waals surface area contributed by atoms with Crippen molar-refractivity contribution in [3.05, 3.63) is 0 Å². The minimum absolute atomic E-state index is 0.297. The first-order valence-corrected chi connectivity index (χ1v) is 9.53. The molecule has 3 fully saturated rings. The fourth-order valence-corrected chi connectivity index (χ4v) is 2.33. The highest BCUT2D eigenvalue weighted by atomic mass is 19.4. The van der Waals surface area contributed by atoms with Gasteiger partial charge in [0.15, 0.2) is 18.5 Å². The maximum atomic E-state index is 13.3. The van der Waals surface area contributed by atoms with E-state index in [1.807, 2.05) is 0 Å². The van der Waals surface area contributed by atoms with Gasteiger partial charge in [0.2, 0.25) is 6.17 Å². The monoisotopic (exact) mass is 516 g/mol. The van der Waals surface area contributed by atoms with Crippen LogP contribution in [0.3, 0.4) is 0 Å². The Bertz CT molecular complexity index is 601. The quantitative estimate of drug-likeness (QED) is 0.273. The molecule has 0 aromatic carbocycles. The molecule has 16 heteroatoms. The predicted molar refractivity (Wildman–Crippen MR) is 85.1 cm³/mol. The predicted octanol–water partition coefficient (Wildman–Crippen LogP) is 4.10. The zero-order valence-corrected chi connectivity index (χ0v) is 16.5. The second-order valence-corrected chi connectivity index (χ2v) is 7.55. The van der Waals surface area contributed by atoms with E-state index in [0.29, 0.717) is 12.2 Å². The molecule has 7 unspecified atom stereocenters. The molecule has 0 N–H and O–H groups in total. The third-order valence-corrected chi connectivity index (χ3v) is 4.69. The van der Waals surface area contributed by atoms with E-state index in [1.165, 1.54) is 0 Å². The molecule has 3 aliphatic heterocycles. The molecule has 3 saturated heterocycles. The van der Waals surface area contributed by atoms with Crippen LogP contribution in [0.2, 0.25) is 0 Å². The Morgan fingerprint density at radius 3 is 1.45 bits per heavy atom. The van der Waals surface area contributed by atoms with Crippen molar-refractivity contribution in [2.24, 2.45) is 0 Å². The summed E-state index contributed by atoms with van der Waals surface area (Å²) < 4.78 is 174. The molecule has 0 radical (unpaired) electrons. The molecule has 3 aliphatic rings. The van der Waals surface area contributed by atoms with Gasteiger partial charge in [0.25, 0.3) is 6.43 Å². The highest BCUT2D eigenvalue weighted by molar-refractivity contribution is 5.06. The van der Waals surface area contributed by atoms with Crippen LogP contribution in [0.1, 0.15) is 6.42 Å². The van der Waals surface area contributed by atoms with Crippen LogP contribution < -0.4 is 0 Å². The summed E-state index contributed by atoms with van der Waals surface area (Å²) in [5, 5.41) is 0. The van der Waals surface area contributed by atoms with Gasteiger partial charge in [-0.25, -0.2) is 26.3 Å². The maximum Gasteiger partial charge on any atom is 0.378 e. The molecular formula is C17H20F12O4. The fraction of sp³-hybridized carbons (Fsp3) is 1.00. The molecule has 7 atom stereocenters. The molecule has 3 rings (SSSR count). The molecule has 0 aliphatic carbocycles. The van der Waals surface area contributed by atoms with E-state index >= 15 is 0 Å². The Hall–Kier alpha value is -1.00. The lowest BCUT2D eigenvalue weighted by molar-refractivity contribution is -0.344. The lowest BCUT2D eigenvalue weighted by Gasteiger charge is -2.36. The molecule has 0 aromatic rings. The minimum Gasteiger partial charge on any atom is -0.376 e. The first-order chi connectivity index (χ1) is 15.1. The molecule has 3 heterocycles. The smallest absolute Gasteiger partial charge is 0.376 e. The minimum atomic E-state index is -6.82. The molecule has 196 valence electrons. The Kier molecular flexibility index (Phi) is 9.18. The van der Waals surface area contributed by atoms with Crippen molar-refractivity contribution in [1.82, 2.24) is 0 Å². The van der Waals surface area contributed by atoms with E-state index in [4.69, 9.17) is 14.2 Å². The van der Waals surface area contributed by atoms with Crippen LogP contribution in [0.25, 0.3) is 0 Å². The van der Waals surface area contributed by atoms with Gasteiger partial charge in [-0.15, -0.1) is 0 Å². The molecule has 0 aromatic heterocycles. The standard InChI is InChI=1S/C11H10F12O.C6H10O3/c12-4(1-3-2-24-3)9(18,19)11(22,23)10(20,21)7(15)5(13)6(14)8(16)17;1(5-3-8-5)7-2-6-4-9-6/h3-8H,1-2H2;5-6H,1-4H2. The van der Waals surface area contributed by atoms with Gasteiger partial charge in [0, 0.05) is 6.42 Å². The van der Waals surface area contributed by atoms with E-state index in [2.05, 4.69) is 4.74 Å². The highest BCUT2D eigenvalue weighted by Gasteiger charge is 2.78. The van der Waals surface area contributed by atoms with Gasteiger partial charge in [0.1, 0.15) is 12.2 Å². The summed E-state index contributed by atoms with van der Waals surface area (Å²) in [6, 6.07) is 0. The SMILES string of the molecule is C(OCC1CO1)C1CO1.FC(F)C(F)C(F)C(F)C(F)(F)C(F)(F)C(F)(F)C(F)CC1CO1. The van der Waals surface area contributed by atoms with Gasteiger partial charge in [-0.3, -0.25) is 0 Å². The van der Waals surface area contributed by atoms with Crippen LogP contribution in [-0.2, 0) is 18.9 Å². The molecule has 33 heavy (non-hydrogen) atoms. The van der Waals surface area contributed by atoms with Gasteiger partial charge in [-0.1, -0.05) is 0 Å². The van der Waals surface area contributed by atoms with Gasteiger partial charge < -0.3 is 18.9 Å². The molecule has 0 spiro atoms. The number of hydrogen-bond acceptors (Lipinski definition) is 4. The Morgan fingerprint density at radius 1 is 0.667 bits per heavy atom. The van der Waals surface area contributed by atoms with E-state index in [1.54, 1.807) is 0 Å². The van der Waals surface area contributed by atoms with Crippen LogP contribution >= 0.6 is 0 Å². The summed E-state index contributed by atoms with van der Waals surface area (Å²) in [5.41, 5.74) is 0. The Labute approximate surface area is 179 Å². The summed E-state index contributed by atoms with van der Waals surface area (Å²) >= 11 is 0. The number of ether oxygens (including phenoxy) is 4. The van der Waals surface area contributed by atoms with Crippen LogP contribution in [-0.4, -0.2) is 100 Å². The summed E-state index contributed by atoms with van der Waals surface area (Å²) in [7, 11) is 0. The lowest BCUT2D eigenvalue weighted by Crippen LogP contribution is -2.64. The number of alkyl halides is 12. The van der Waals surface area contributed by atoms with Crippen LogP contribution in [0.15, 0.2) is 0 Å². The van der Waals surface area contributed by atoms with E-state index < -0.39 is 61.4 Å². The van der Waals surface area contributed by atoms with Crippen LogP contribution in [0.4, 0.5) is 52.7 Å². The molecule has 4 nitrogen and oxygen atoms in total. The van der Waals surface area contributed by atoms with Crippen molar-refractivity contribution in [3.63, 3.8) is 0 Å². The van der Waals surface area contributed by atoms with E-state index in [0.717, 1.165) is 26.4 Å².